The van der Waals surface area contributed by atoms with Gasteiger partial charge >= 0.3 is 5.97 Å². The molecule has 0 saturated carbocycles. The number of para-hydroxylation sites is 1. The van der Waals surface area contributed by atoms with Crippen LogP contribution in [-0.4, -0.2) is 47.9 Å². The summed E-state index contributed by atoms with van der Waals surface area (Å²) in [6, 6.07) is 8.58. The largest absolute Gasteiger partial charge is 0.480 e. The van der Waals surface area contributed by atoms with Crippen LogP contribution >= 0.6 is 0 Å². The molecule has 1 unspecified atom stereocenters. The minimum absolute atomic E-state index is 0.208. The van der Waals surface area contributed by atoms with Gasteiger partial charge < -0.3 is 5.11 Å². The number of nitrogens with one attached hydrogen (secondary N) is 1. The number of hydrogen-bond donors (Lipinski definition) is 2. The van der Waals surface area contributed by atoms with Crippen molar-refractivity contribution >= 4 is 27.1 Å². The predicted molar refractivity (Wildman–Crippen MR) is 89.7 cm³/mol. The van der Waals surface area contributed by atoms with E-state index in [4.69, 9.17) is 5.11 Å². The molecule has 0 spiro atoms. The molecule has 1 aliphatic rings. The monoisotopic (exact) mass is 349 g/mol. The number of benzene rings is 1. The summed E-state index contributed by atoms with van der Waals surface area (Å²) in [4.78, 5) is 15.4. The van der Waals surface area contributed by atoms with Crippen LogP contribution in [0, 0.1) is 0 Å². The minimum atomic E-state index is -3.79. The number of fused-ring (bicyclic) bond motifs is 1. The number of carboxylic acid groups (broad SMARTS) is 1. The molecule has 1 aromatic heterocycles. The highest BCUT2D eigenvalue weighted by Gasteiger charge is 2.38. The Kier molecular flexibility index (Phi) is 4.79. The van der Waals surface area contributed by atoms with E-state index >= 15 is 0 Å². The Labute approximate surface area is 140 Å². The average molecular weight is 349 g/mol. The van der Waals surface area contributed by atoms with Crippen LogP contribution in [0.3, 0.4) is 0 Å². The standard InChI is InChI=1S/C16H19N3O4S/c20-16(21)15-6-3-11-19(15)24(22,23)18-10-8-12-7-9-17-14-5-2-1-4-13(12)14/h1-2,4-5,7,9,15,18H,3,6,8,10-11H2,(H,20,21). The number of nitrogens with zero attached hydrogens (tertiary/aromatic N) is 2. The van der Waals surface area contributed by atoms with Crippen LogP contribution in [0.2, 0.25) is 0 Å². The Balaban J connectivity index is 1.68. The molecule has 1 atom stereocenters. The van der Waals surface area contributed by atoms with Crippen molar-refractivity contribution < 1.29 is 18.3 Å². The SMILES string of the molecule is O=C(O)C1CCCN1S(=O)(=O)NCCc1ccnc2ccccc12. The molecule has 1 aromatic carbocycles. The van der Waals surface area contributed by atoms with Gasteiger partial charge in [-0.15, -0.1) is 0 Å². The number of rotatable bonds is 6. The summed E-state index contributed by atoms with van der Waals surface area (Å²) >= 11 is 0. The van der Waals surface area contributed by atoms with Crippen molar-refractivity contribution in [3.8, 4) is 0 Å². The van der Waals surface area contributed by atoms with Gasteiger partial charge in [-0.3, -0.25) is 9.78 Å². The lowest BCUT2D eigenvalue weighted by molar-refractivity contribution is -0.140. The fourth-order valence-corrected chi connectivity index (χ4v) is 4.47. The van der Waals surface area contributed by atoms with Crippen LogP contribution in [0.4, 0.5) is 0 Å². The maximum atomic E-state index is 12.3. The normalized spacial score (nSPS) is 18.9. The summed E-state index contributed by atoms with van der Waals surface area (Å²) in [7, 11) is -3.79. The van der Waals surface area contributed by atoms with E-state index < -0.39 is 22.2 Å². The van der Waals surface area contributed by atoms with Gasteiger partial charge in [0.25, 0.3) is 10.2 Å². The second-order valence-electron chi connectivity index (χ2n) is 5.74. The number of hydrogen-bond acceptors (Lipinski definition) is 4. The summed E-state index contributed by atoms with van der Waals surface area (Å²) in [5, 5.41) is 10.1. The average Bonchev–Trinajstić information content (AvgIpc) is 3.06. The topological polar surface area (TPSA) is 99.6 Å². The van der Waals surface area contributed by atoms with Gasteiger partial charge in [-0.2, -0.15) is 12.7 Å². The summed E-state index contributed by atoms with van der Waals surface area (Å²) in [6.45, 7) is 0.448. The van der Waals surface area contributed by atoms with Crippen molar-refractivity contribution in [3.05, 3.63) is 42.1 Å². The summed E-state index contributed by atoms with van der Waals surface area (Å²) in [5.41, 5.74) is 1.86. The zero-order chi connectivity index (χ0) is 17.2. The molecule has 1 fully saturated rings. The Morgan fingerprint density at radius 3 is 2.92 bits per heavy atom. The van der Waals surface area contributed by atoms with Crippen molar-refractivity contribution in [2.45, 2.75) is 25.3 Å². The van der Waals surface area contributed by atoms with E-state index in [1.165, 1.54) is 0 Å². The Hall–Kier alpha value is -2.03. The first kappa shape index (κ1) is 16.8. The zero-order valence-corrected chi connectivity index (χ0v) is 13.9. The first-order chi connectivity index (χ1) is 11.5. The molecule has 2 heterocycles. The lowest BCUT2D eigenvalue weighted by atomic mass is 10.1. The molecule has 24 heavy (non-hydrogen) atoms. The molecule has 1 saturated heterocycles. The number of aliphatic carboxylic acids is 1. The summed E-state index contributed by atoms with van der Waals surface area (Å²) < 4.78 is 28.2. The molecule has 0 radical (unpaired) electrons. The highest BCUT2D eigenvalue weighted by atomic mass is 32.2. The maximum Gasteiger partial charge on any atom is 0.322 e. The van der Waals surface area contributed by atoms with Crippen LogP contribution in [-0.2, 0) is 21.4 Å². The second kappa shape index (κ2) is 6.84. The van der Waals surface area contributed by atoms with Crippen molar-refractivity contribution in [1.82, 2.24) is 14.0 Å². The van der Waals surface area contributed by atoms with E-state index in [1.807, 2.05) is 30.3 Å². The van der Waals surface area contributed by atoms with Gasteiger partial charge in [0.1, 0.15) is 6.04 Å². The number of pyridine rings is 1. The number of aromatic nitrogens is 1. The third-order valence-corrected chi connectivity index (χ3v) is 5.84. The lowest BCUT2D eigenvalue weighted by Gasteiger charge is -2.21. The van der Waals surface area contributed by atoms with Gasteiger partial charge in [-0.25, -0.2) is 4.72 Å². The molecule has 3 rings (SSSR count). The third kappa shape index (κ3) is 3.40. The molecule has 1 aliphatic heterocycles. The van der Waals surface area contributed by atoms with Gasteiger partial charge in [0.15, 0.2) is 0 Å². The molecule has 2 aromatic rings. The third-order valence-electron chi connectivity index (χ3n) is 4.22. The van der Waals surface area contributed by atoms with Gasteiger partial charge in [0.2, 0.25) is 0 Å². The molecule has 8 heteroatoms. The molecule has 7 nitrogen and oxygen atoms in total. The summed E-state index contributed by atoms with van der Waals surface area (Å²) in [5.74, 6) is -1.10. The molecular weight excluding hydrogens is 330 g/mol. The fourth-order valence-electron chi connectivity index (χ4n) is 3.05. The highest BCUT2D eigenvalue weighted by molar-refractivity contribution is 7.87. The van der Waals surface area contributed by atoms with Crippen LogP contribution in [0.1, 0.15) is 18.4 Å². The molecule has 0 aliphatic carbocycles. The smallest absolute Gasteiger partial charge is 0.322 e. The maximum absolute atomic E-state index is 12.3. The van der Waals surface area contributed by atoms with Crippen molar-refractivity contribution in [2.24, 2.45) is 0 Å². The Morgan fingerprint density at radius 2 is 2.12 bits per heavy atom. The molecule has 2 N–H and O–H groups in total. The Morgan fingerprint density at radius 1 is 1.33 bits per heavy atom. The second-order valence-corrected chi connectivity index (χ2v) is 7.45. The van der Waals surface area contributed by atoms with E-state index in [9.17, 15) is 13.2 Å². The van der Waals surface area contributed by atoms with E-state index in [2.05, 4.69) is 9.71 Å². The van der Waals surface area contributed by atoms with Crippen molar-refractivity contribution in [2.75, 3.05) is 13.1 Å². The van der Waals surface area contributed by atoms with Gasteiger partial charge in [-0.05, 0) is 37.0 Å². The van der Waals surface area contributed by atoms with Gasteiger partial charge in [0, 0.05) is 24.7 Å². The van der Waals surface area contributed by atoms with E-state index in [0.29, 0.717) is 19.3 Å². The van der Waals surface area contributed by atoms with Crippen LogP contribution in [0.25, 0.3) is 10.9 Å². The summed E-state index contributed by atoms with van der Waals surface area (Å²) in [6.07, 6.45) is 3.12. The number of carbonyl (C=O) groups is 1. The van der Waals surface area contributed by atoms with Gasteiger partial charge in [-0.1, -0.05) is 18.2 Å². The minimum Gasteiger partial charge on any atom is -0.480 e. The van der Waals surface area contributed by atoms with E-state index in [1.54, 1.807) is 6.20 Å². The van der Waals surface area contributed by atoms with Crippen molar-refractivity contribution in [1.29, 1.82) is 0 Å². The lowest BCUT2D eigenvalue weighted by Crippen LogP contribution is -2.46. The Bertz CT molecular complexity index is 848. The first-order valence-corrected chi connectivity index (χ1v) is 9.25. The zero-order valence-electron chi connectivity index (χ0n) is 13.1. The first-order valence-electron chi connectivity index (χ1n) is 7.81. The highest BCUT2D eigenvalue weighted by Crippen LogP contribution is 2.21. The van der Waals surface area contributed by atoms with Gasteiger partial charge in [0.05, 0.1) is 5.52 Å². The fraction of sp³-hybridized carbons (Fsp3) is 0.375. The van der Waals surface area contributed by atoms with E-state index in [0.717, 1.165) is 20.8 Å². The molecular formula is C16H19N3O4S. The number of carboxylic acids is 1. The molecule has 0 amide bonds. The quantitative estimate of drug-likeness (QED) is 0.815. The van der Waals surface area contributed by atoms with Crippen LogP contribution in [0.15, 0.2) is 36.5 Å². The van der Waals surface area contributed by atoms with Crippen LogP contribution < -0.4 is 4.72 Å². The van der Waals surface area contributed by atoms with Crippen LogP contribution in [0.5, 0.6) is 0 Å². The molecule has 0 bridgehead atoms. The predicted octanol–water partition coefficient (Wildman–Crippen LogP) is 1.16. The van der Waals surface area contributed by atoms with E-state index in [-0.39, 0.29) is 13.1 Å². The van der Waals surface area contributed by atoms with Crippen molar-refractivity contribution in [3.63, 3.8) is 0 Å². The molecule has 128 valence electrons.